The second-order valence-corrected chi connectivity index (χ2v) is 13.7. The van der Waals surface area contributed by atoms with E-state index in [0.29, 0.717) is 47.7 Å². The molecule has 4 aromatic rings. The van der Waals surface area contributed by atoms with E-state index in [0.717, 1.165) is 54.3 Å². The first-order chi connectivity index (χ1) is 23.7. The third kappa shape index (κ3) is 5.59. The Balaban J connectivity index is 1.26. The van der Waals surface area contributed by atoms with Gasteiger partial charge in [0.25, 0.3) is 5.91 Å². The number of nitriles is 1. The van der Waals surface area contributed by atoms with E-state index in [-0.39, 0.29) is 38.2 Å². The summed E-state index contributed by atoms with van der Waals surface area (Å²) in [6.45, 7) is 7.34. The highest BCUT2D eigenvalue weighted by molar-refractivity contribution is 6.02. The van der Waals surface area contributed by atoms with Gasteiger partial charge >= 0.3 is 6.01 Å². The monoisotopic (exact) mass is 669 g/mol. The molecule has 1 aromatic carbocycles. The normalized spacial score (nSPS) is 24.0. The summed E-state index contributed by atoms with van der Waals surface area (Å²) < 4.78 is 41.7. The number of halogens is 2. The topological polar surface area (TPSA) is 136 Å². The van der Waals surface area contributed by atoms with Crippen molar-refractivity contribution in [2.75, 3.05) is 44.2 Å². The lowest BCUT2D eigenvalue weighted by molar-refractivity contribution is -0.131. The van der Waals surface area contributed by atoms with Crippen LogP contribution in [0.25, 0.3) is 33.1 Å². The quantitative estimate of drug-likeness (QED) is 0.248. The van der Waals surface area contributed by atoms with Gasteiger partial charge in [0.2, 0.25) is 0 Å². The Hall–Kier alpha value is -4.90. The van der Waals surface area contributed by atoms with Gasteiger partial charge in [0.05, 0.1) is 47.3 Å². The predicted molar refractivity (Wildman–Crippen MR) is 178 cm³/mol. The van der Waals surface area contributed by atoms with Gasteiger partial charge in [-0.1, -0.05) is 12.6 Å². The first-order valence-corrected chi connectivity index (χ1v) is 16.8. The number of rotatable bonds is 9. The molecule has 0 bridgehead atoms. The van der Waals surface area contributed by atoms with E-state index in [1.54, 1.807) is 12.4 Å². The highest BCUT2D eigenvalue weighted by Crippen LogP contribution is 2.45. The number of alkyl halides is 1. The number of benzene rings is 1. The Morgan fingerprint density at radius 2 is 2.04 bits per heavy atom. The lowest BCUT2D eigenvalue weighted by Gasteiger charge is -2.41. The molecule has 14 heteroatoms. The molecule has 1 saturated carbocycles. The molecule has 1 amide bonds. The number of pyridine rings is 1. The zero-order chi connectivity index (χ0) is 33.9. The first-order valence-electron chi connectivity index (χ1n) is 16.8. The number of anilines is 1. The van der Waals surface area contributed by atoms with Crippen LogP contribution in [0, 0.1) is 18.3 Å². The molecule has 6 heterocycles. The highest BCUT2D eigenvalue weighted by atomic mass is 19.1. The fourth-order valence-electron chi connectivity index (χ4n) is 7.82. The van der Waals surface area contributed by atoms with Crippen molar-refractivity contribution in [2.45, 2.75) is 69.3 Å². The molecule has 0 unspecified atom stereocenters. The van der Waals surface area contributed by atoms with Gasteiger partial charge in [0, 0.05) is 49.7 Å². The average Bonchev–Trinajstić information content (AvgIpc) is 3.48. The number of ether oxygens (including phenoxy) is 2. The number of piperazine rings is 1. The summed E-state index contributed by atoms with van der Waals surface area (Å²) >= 11 is 0. The molecule has 3 aromatic heterocycles. The molecule has 3 aliphatic heterocycles. The zero-order valence-electron chi connectivity index (χ0n) is 27.3. The lowest BCUT2D eigenvalue weighted by atomic mass is 9.95. The van der Waals surface area contributed by atoms with E-state index in [2.05, 4.69) is 27.7 Å². The number of nitrogens with zero attached hydrogens (tertiary/aromatic N) is 8. The predicted octanol–water partition coefficient (Wildman–Crippen LogP) is 4.79. The molecule has 49 heavy (non-hydrogen) atoms. The second-order valence-electron chi connectivity index (χ2n) is 13.7. The smallest absolute Gasteiger partial charge is 0.319 e. The van der Waals surface area contributed by atoms with Crippen LogP contribution in [0.1, 0.15) is 44.1 Å². The molecule has 4 aliphatic rings. The molecule has 1 N–H and O–H groups in total. The number of hydrogen-bond donors (Lipinski definition) is 1. The van der Waals surface area contributed by atoms with Crippen LogP contribution in [0.2, 0.25) is 0 Å². The number of fused-ring (bicyclic) bond motifs is 3. The molecular formula is C35H37F2N9O3. The number of nitrogens with one attached hydrogen (secondary N) is 1. The Morgan fingerprint density at radius 1 is 1.18 bits per heavy atom. The van der Waals surface area contributed by atoms with Crippen molar-refractivity contribution in [3.63, 3.8) is 0 Å². The maximum absolute atomic E-state index is 14.6. The van der Waals surface area contributed by atoms with Crippen molar-refractivity contribution in [3.05, 3.63) is 42.5 Å². The van der Waals surface area contributed by atoms with Crippen molar-refractivity contribution in [2.24, 2.45) is 0 Å². The van der Waals surface area contributed by atoms with Gasteiger partial charge in [-0.2, -0.15) is 20.3 Å². The highest BCUT2D eigenvalue weighted by Gasteiger charge is 2.49. The van der Waals surface area contributed by atoms with Crippen molar-refractivity contribution in [1.82, 2.24) is 34.9 Å². The molecule has 12 nitrogen and oxygen atoms in total. The van der Waals surface area contributed by atoms with E-state index in [4.69, 9.17) is 24.4 Å². The lowest BCUT2D eigenvalue weighted by Crippen LogP contribution is -2.55. The van der Waals surface area contributed by atoms with E-state index >= 15 is 0 Å². The van der Waals surface area contributed by atoms with Crippen LogP contribution in [-0.2, 0) is 4.79 Å². The van der Waals surface area contributed by atoms with Crippen molar-refractivity contribution < 1.29 is 23.0 Å². The number of aromatic amines is 1. The van der Waals surface area contributed by atoms with Crippen LogP contribution in [0.15, 0.2) is 36.9 Å². The van der Waals surface area contributed by atoms with Crippen LogP contribution in [0.3, 0.4) is 0 Å². The molecule has 0 radical (unpaired) electrons. The number of carbonyl (C=O) groups excluding carboxylic acids is 1. The SMILES string of the molecule is C=C(F)C(=O)N1CCN(c2nc(OC[C@@]34CCCN3C[C@H](F)C4)nc3c(OC4CC4)c(-c4c(C)ccc5[nH]ncc45)ncc23)C[C@@H]1CC#N. The summed E-state index contributed by atoms with van der Waals surface area (Å²) in [5.41, 5.74) is 3.45. The second kappa shape index (κ2) is 12.2. The number of amides is 1. The Morgan fingerprint density at radius 3 is 2.84 bits per heavy atom. The van der Waals surface area contributed by atoms with Gasteiger partial charge in [0.1, 0.15) is 29.8 Å². The van der Waals surface area contributed by atoms with Crippen LogP contribution in [0.5, 0.6) is 11.8 Å². The molecule has 254 valence electrons. The van der Waals surface area contributed by atoms with Gasteiger partial charge in [-0.25, -0.2) is 8.78 Å². The maximum atomic E-state index is 14.6. The van der Waals surface area contributed by atoms with E-state index < -0.39 is 29.5 Å². The Labute approximate surface area is 281 Å². The minimum Gasteiger partial charge on any atom is -0.486 e. The first kappa shape index (κ1) is 31.4. The number of aromatic nitrogens is 5. The molecule has 0 spiro atoms. The molecule has 3 atom stereocenters. The summed E-state index contributed by atoms with van der Waals surface area (Å²) in [4.78, 5) is 33.0. The summed E-state index contributed by atoms with van der Waals surface area (Å²) in [6, 6.07) is 5.64. The van der Waals surface area contributed by atoms with Crippen LogP contribution in [0.4, 0.5) is 14.6 Å². The minimum absolute atomic E-state index is 0.00291. The molecule has 3 saturated heterocycles. The van der Waals surface area contributed by atoms with Gasteiger partial charge in [0.15, 0.2) is 11.6 Å². The summed E-state index contributed by atoms with van der Waals surface area (Å²) in [5.74, 6) is -0.881. The number of carbonyl (C=O) groups is 1. The van der Waals surface area contributed by atoms with Crippen LogP contribution in [-0.4, -0.2) is 104 Å². The van der Waals surface area contributed by atoms with Crippen molar-refractivity contribution in [1.29, 1.82) is 5.26 Å². The fraction of sp³-hybridized carbons (Fsp3) is 0.486. The third-order valence-electron chi connectivity index (χ3n) is 10.4. The largest absolute Gasteiger partial charge is 0.486 e. The summed E-state index contributed by atoms with van der Waals surface area (Å²) in [6.07, 6.45) is 6.61. The standard InChI is InChI=1S/C35H37F2N9O3/c1-20-4-7-27-25(16-40-43-27)28(20)30-31(49-24-5-6-24)29-26(15-39-30)32(44-12-13-46(33(47)21(2)36)23(18-44)8-10-38)42-34(41-29)48-19-35-9-3-11-45(35)17-22(37)14-35/h4,7,15-16,22-24H,2-3,5-6,8-9,11-14,17-19H2,1H3,(H,40,43)/t22-,23+,35+/m1/s1. The van der Waals surface area contributed by atoms with Gasteiger partial charge in [-0.3, -0.25) is 19.8 Å². The fourth-order valence-corrected chi connectivity index (χ4v) is 7.82. The van der Waals surface area contributed by atoms with E-state index in [9.17, 15) is 18.8 Å². The Bertz CT molecular complexity index is 2010. The van der Waals surface area contributed by atoms with Gasteiger partial charge in [-0.15, -0.1) is 0 Å². The average molecular weight is 670 g/mol. The molecule has 8 rings (SSSR count). The van der Waals surface area contributed by atoms with E-state index in [1.807, 2.05) is 24.0 Å². The molecular weight excluding hydrogens is 632 g/mol. The summed E-state index contributed by atoms with van der Waals surface area (Å²) in [5, 5.41) is 18.4. The van der Waals surface area contributed by atoms with Crippen molar-refractivity contribution in [3.8, 4) is 29.1 Å². The minimum atomic E-state index is -1.07. The van der Waals surface area contributed by atoms with Gasteiger partial charge < -0.3 is 19.3 Å². The zero-order valence-corrected chi connectivity index (χ0v) is 27.3. The maximum Gasteiger partial charge on any atom is 0.319 e. The molecule has 4 fully saturated rings. The van der Waals surface area contributed by atoms with E-state index in [1.165, 1.54) is 4.90 Å². The number of aryl methyl sites for hydroxylation is 1. The number of H-pyrrole nitrogens is 1. The third-order valence-corrected chi connectivity index (χ3v) is 10.4. The number of hydrogen-bond acceptors (Lipinski definition) is 10. The summed E-state index contributed by atoms with van der Waals surface area (Å²) in [7, 11) is 0. The molecule has 1 aliphatic carbocycles. The van der Waals surface area contributed by atoms with Crippen LogP contribution >= 0.6 is 0 Å². The Kier molecular flexibility index (Phi) is 7.82. The van der Waals surface area contributed by atoms with Crippen molar-refractivity contribution >= 4 is 33.5 Å². The van der Waals surface area contributed by atoms with Crippen LogP contribution < -0.4 is 14.4 Å². The van der Waals surface area contributed by atoms with Gasteiger partial charge in [-0.05, 0) is 50.8 Å².